The van der Waals surface area contributed by atoms with E-state index in [0.717, 1.165) is 26.4 Å². The van der Waals surface area contributed by atoms with Crippen molar-refractivity contribution in [1.82, 2.24) is 0 Å². The summed E-state index contributed by atoms with van der Waals surface area (Å²) in [5, 5.41) is 2.87. The van der Waals surface area contributed by atoms with Gasteiger partial charge in [0.15, 0.2) is 0 Å². The molecule has 0 unspecified atom stereocenters. The molecule has 110 valence electrons. The molecular formula is C16H16BrNO2S. The van der Waals surface area contributed by atoms with E-state index in [4.69, 9.17) is 4.74 Å². The molecule has 0 saturated carbocycles. The van der Waals surface area contributed by atoms with Crippen LogP contribution in [-0.4, -0.2) is 18.8 Å². The van der Waals surface area contributed by atoms with Gasteiger partial charge in [0.2, 0.25) is 5.91 Å². The number of nitrogens with one attached hydrogen (secondary N) is 1. The van der Waals surface area contributed by atoms with Crippen molar-refractivity contribution < 1.29 is 9.53 Å². The number of carbonyl (C=O) groups excluding carboxylic acids is 1. The number of anilines is 1. The average molecular weight is 366 g/mol. The van der Waals surface area contributed by atoms with Crippen LogP contribution in [0.4, 0.5) is 5.69 Å². The van der Waals surface area contributed by atoms with Crippen LogP contribution in [0.2, 0.25) is 0 Å². The third-order valence-electron chi connectivity index (χ3n) is 2.85. The van der Waals surface area contributed by atoms with Gasteiger partial charge in [-0.1, -0.05) is 22.0 Å². The Kier molecular flexibility index (Phi) is 5.70. The van der Waals surface area contributed by atoms with Crippen LogP contribution in [-0.2, 0) is 4.79 Å². The standard InChI is InChI=1S/C16H16BrNO2S/c1-11-8-12(17)6-7-15(11)21-10-16(19)18-13-4-3-5-14(9-13)20-2/h3-9H,10H2,1-2H3,(H,18,19). The largest absolute Gasteiger partial charge is 0.497 e. The number of ether oxygens (including phenoxy) is 1. The lowest BCUT2D eigenvalue weighted by Crippen LogP contribution is -2.14. The molecule has 0 atom stereocenters. The molecule has 2 rings (SSSR count). The lowest BCUT2D eigenvalue weighted by atomic mass is 10.2. The number of thioether (sulfide) groups is 1. The van der Waals surface area contributed by atoms with Gasteiger partial charge in [-0.2, -0.15) is 0 Å². The van der Waals surface area contributed by atoms with Crippen molar-refractivity contribution in [2.24, 2.45) is 0 Å². The van der Waals surface area contributed by atoms with E-state index in [1.54, 1.807) is 13.2 Å². The number of hydrogen-bond donors (Lipinski definition) is 1. The highest BCUT2D eigenvalue weighted by Crippen LogP contribution is 2.25. The monoisotopic (exact) mass is 365 g/mol. The van der Waals surface area contributed by atoms with Crippen LogP contribution < -0.4 is 10.1 Å². The van der Waals surface area contributed by atoms with E-state index in [1.165, 1.54) is 11.8 Å². The van der Waals surface area contributed by atoms with Crippen LogP contribution in [0.15, 0.2) is 51.8 Å². The second-order valence-corrected chi connectivity index (χ2v) is 6.41. The third kappa shape index (κ3) is 4.79. The molecule has 5 heteroatoms. The minimum absolute atomic E-state index is 0.0319. The first-order chi connectivity index (χ1) is 10.1. The third-order valence-corrected chi connectivity index (χ3v) is 4.52. The lowest BCUT2D eigenvalue weighted by molar-refractivity contribution is -0.113. The molecule has 0 aliphatic rings. The summed E-state index contributed by atoms with van der Waals surface area (Å²) in [5.41, 5.74) is 1.90. The Bertz CT molecular complexity index is 646. The molecule has 1 amide bonds. The van der Waals surface area contributed by atoms with Crippen molar-refractivity contribution in [2.45, 2.75) is 11.8 Å². The van der Waals surface area contributed by atoms with E-state index in [0.29, 0.717) is 5.75 Å². The van der Waals surface area contributed by atoms with Gasteiger partial charge >= 0.3 is 0 Å². The number of amides is 1. The quantitative estimate of drug-likeness (QED) is 0.792. The zero-order valence-corrected chi connectivity index (χ0v) is 14.3. The summed E-state index contributed by atoms with van der Waals surface area (Å²) in [6.45, 7) is 2.03. The number of hydrogen-bond acceptors (Lipinski definition) is 3. The zero-order valence-electron chi connectivity index (χ0n) is 11.9. The van der Waals surface area contributed by atoms with Crippen molar-refractivity contribution in [3.8, 4) is 5.75 Å². The zero-order chi connectivity index (χ0) is 15.2. The van der Waals surface area contributed by atoms with Gasteiger partial charge in [-0.15, -0.1) is 11.8 Å². The van der Waals surface area contributed by atoms with E-state index >= 15 is 0 Å². The first kappa shape index (κ1) is 15.9. The highest BCUT2D eigenvalue weighted by molar-refractivity contribution is 9.10. The maximum absolute atomic E-state index is 12.0. The van der Waals surface area contributed by atoms with Gasteiger partial charge in [0.25, 0.3) is 0 Å². The molecule has 0 aromatic heterocycles. The van der Waals surface area contributed by atoms with Gasteiger partial charge in [-0.05, 0) is 42.8 Å². The van der Waals surface area contributed by atoms with E-state index in [-0.39, 0.29) is 5.91 Å². The van der Waals surface area contributed by atoms with Crippen LogP contribution in [0.3, 0.4) is 0 Å². The molecule has 0 radical (unpaired) electrons. The van der Waals surface area contributed by atoms with Crippen molar-refractivity contribution in [3.05, 3.63) is 52.5 Å². The van der Waals surface area contributed by atoms with Crippen LogP contribution in [0.25, 0.3) is 0 Å². The second-order valence-electron chi connectivity index (χ2n) is 4.48. The van der Waals surface area contributed by atoms with E-state index in [9.17, 15) is 4.79 Å². The Hall–Kier alpha value is -1.46. The van der Waals surface area contributed by atoms with Crippen LogP contribution in [0, 0.1) is 6.92 Å². The number of methoxy groups -OCH3 is 1. The summed E-state index contributed by atoms with van der Waals surface area (Å²) >= 11 is 4.96. The first-order valence-corrected chi connectivity index (χ1v) is 8.19. The fourth-order valence-corrected chi connectivity index (χ4v) is 3.10. The molecule has 0 aliphatic heterocycles. The van der Waals surface area contributed by atoms with Gasteiger partial charge in [0.05, 0.1) is 12.9 Å². The van der Waals surface area contributed by atoms with Crippen molar-refractivity contribution in [1.29, 1.82) is 0 Å². The molecule has 1 N–H and O–H groups in total. The summed E-state index contributed by atoms with van der Waals surface area (Å²) in [6, 6.07) is 13.4. The van der Waals surface area contributed by atoms with Gasteiger partial charge < -0.3 is 10.1 Å². The highest BCUT2D eigenvalue weighted by Gasteiger charge is 2.06. The number of rotatable bonds is 5. The normalized spacial score (nSPS) is 10.2. The SMILES string of the molecule is COc1cccc(NC(=O)CSc2ccc(Br)cc2C)c1. The van der Waals surface area contributed by atoms with Crippen LogP contribution in [0.5, 0.6) is 5.75 Å². The smallest absolute Gasteiger partial charge is 0.234 e. The number of aryl methyl sites for hydroxylation is 1. The fourth-order valence-electron chi connectivity index (χ4n) is 1.82. The maximum atomic E-state index is 12.0. The lowest BCUT2D eigenvalue weighted by Gasteiger charge is -2.08. The Morgan fingerprint density at radius 3 is 2.81 bits per heavy atom. The Labute approximate surface area is 137 Å². The minimum atomic E-state index is -0.0319. The molecule has 0 aliphatic carbocycles. The summed E-state index contributed by atoms with van der Waals surface area (Å²) in [7, 11) is 1.60. The maximum Gasteiger partial charge on any atom is 0.234 e. The van der Waals surface area contributed by atoms with Crippen molar-refractivity contribution >= 4 is 39.3 Å². The minimum Gasteiger partial charge on any atom is -0.497 e. The summed E-state index contributed by atoms with van der Waals surface area (Å²) < 4.78 is 6.18. The summed E-state index contributed by atoms with van der Waals surface area (Å²) in [6.07, 6.45) is 0. The molecule has 2 aromatic carbocycles. The van der Waals surface area contributed by atoms with Crippen LogP contribution >= 0.6 is 27.7 Å². The second kappa shape index (κ2) is 7.52. The molecule has 0 spiro atoms. The van der Waals surface area contributed by atoms with E-state index in [1.807, 2.05) is 43.3 Å². The molecule has 21 heavy (non-hydrogen) atoms. The summed E-state index contributed by atoms with van der Waals surface area (Å²) in [5.74, 6) is 1.07. The Morgan fingerprint density at radius 1 is 1.29 bits per heavy atom. The van der Waals surface area contributed by atoms with E-state index < -0.39 is 0 Å². The molecule has 0 saturated heterocycles. The van der Waals surface area contributed by atoms with Gasteiger partial charge in [-0.3, -0.25) is 4.79 Å². The van der Waals surface area contributed by atoms with E-state index in [2.05, 4.69) is 21.2 Å². The number of benzene rings is 2. The molecule has 0 bridgehead atoms. The molecule has 2 aromatic rings. The molecule has 0 heterocycles. The molecular weight excluding hydrogens is 350 g/mol. The van der Waals surface area contributed by atoms with Gasteiger partial charge in [0, 0.05) is 21.1 Å². The van der Waals surface area contributed by atoms with Crippen LogP contribution in [0.1, 0.15) is 5.56 Å². The van der Waals surface area contributed by atoms with Crippen molar-refractivity contribution in [2.75, 3.05) is 18.2 Å². The number of halogens is 1. The van der Waals surface area contributed by atoms with Crippen molar-refractivity contribution in [3.63, 3.8) is 0 Å². The van der Waals surface area contributed by atoms with Gasteiger partial charge in [0.1, 0.15) is 5.75 Å². The average Bonchev–Trinajstić information content (AvgIpc) is 2.46. The highest BCUT2D eigenvalue weighted by atomic mass is 79.9. The van der Waals surface area contributed by atoms with Gasteiger partial charge in [-0.25, -0.2) is 0 Å². The Morgan fingerprint density at radius 2 is 2.10 bits per heavy atom. The molecule has 3 nitrogen and oxygen atoms in total. The summed E-state index contributed by atoms with van der Waals surface area (Å²) in [4.78, 5) is 13.1. The fraction of sp³-hybridized carbons (Fsp3) is 0.188. The molecule has 0 fully saturated rings. The predicted molar refractivity (Wildman–Crippen MR) is 91.2 cm³/mol. The topological polar surface area (TPSA) is 38.3 Å². The number of carbonyl (C=O) groups is 1. The predicted octanol–water partition coefficient (Wildman–Crippen LogP) is 4.50. The first-order valence-electron chi connectivity index (χ1n) is 6.41. The Balaban J connectivity index is 1.92.